The van der Waals surface area contributed by atoms with Gasteiger partial charge in [0.2, 0.25) is 0 Å². The van der Waals surface area contributed by atoms with Crippen LogP contribution in [0.25, 0.3) is 0 Å². The monoisotopic (exact) mass is 139 g/mol. The van der Waals surface area contributed by atoms with Crippen LogP contribution in [0.3, 0.4) is 0 Å². The first-order valence-corrected chi connectivity index (χ1v) is 4.30. The largest absolute Gasteiger partial charge is 0.0594 e. The van der Waals surface area contributed by atoms with Crippen molar-refractivity contribution in [2.45, 2.75) is 47.0 Å². The molecule has 0 heteroatoms. The van der Waals surface area contributed by atoms with E-state index in [2.05, 4.69) is 34.1 Å². The molecule has 0 aromatic rings. The molecule has 0 aliphatic heterocycles. The molecule has 0 saturated heterocycles. The van der Waals surface area contributed by atoms with Crippen molar-refractivity contribution in [1.29, 1.82) is 0 Å². The van der Waals surface area contributed by atoms with Gasteiger partial charge in [-0.2, -0.15) is 0 Å². The second-order valence-corrected chi connectivity index (χ2v) is 4.70. The fourth-order valence-corrected chi connectivity index (χ4v) is 1.61. The van der Waals surface area contributed by atoms with E-state index in [0.717, 1.165) is 0 Å². The Morgan fingerprint density at radius 3 is 2.00 bits per heavy atom. The Hall–Kier alpha value is 0. The molecular formula is C10H19. The van der Waals surface area contributed by atoms with Gasteiger partial charge in [0, 0.05) is 0 Å². The van der Waals surface area contributed by atoms with Crippen LogP contribution in [-0.2, 0) is 0 Å². The lowest BCUT2D eigenvalue weighted by molar-refractivity contribution is 0.101. The van der Waals surface area contributed by atoms with Gasteiger partial charge in [0.05, 0.1) is 0 Å². The molecule has 0 unspecified atom stereocenters. The van der Waals surface area contributed by atoms with E-state index in [1.165, 1.54) is 19.3 Å². The van der Waals surface area contributed by atoms with Crippen LogP contribution in [0, 0.1) is 17.3 Å². The average molecular weight is 139 g/mol. The maximum absolute atomic E-state index is 2.48. The molecule has 1 fully saturated rings. The first-order valence-electron chi connectivity index (χ1n) is 4.30. The highest BCUT2D eigenvalue weighted by atomic mass is 14.4. The van der Waals surface area contributed by atoms with Crippen molar-refractivity contribution >= 4 is 0 Å². The molecule has 59 valence electrons. The molecule has 10 heavy (non-hydrogen) atoms. The van der Waals surface area contributed by atoms with Gasteiger partial charge in [-0.05, 0) is 30.1 Å². The van der Waals surface area contributed by atoms with Gasteiger partial charge in [-0.1, -0.05) is 34.1 Å². The van der Waals surface area contributed by atoms with Gasteiger partial charge in [0.25, 0.3) is 0 Å². The summed E-state index contributed by atoms with van der Waals surface area (Å²) in [5.74, 6) is 0. The van der Waals surface area contributed by atoms with E-state index in [-0.39, 0.29) is 0 Å². The zero-order valence-corrected chi connectivity index (χ0v) is 7.70. The van der Waals surface area contributed by atoms with Crippen molar-refractivity contribution in [3.63, 3.8) is 0 Å². The summed E-state index contributed by atoms with van der Waals surface area (Å²) in [5, 5.41) is 0. The number of hydrogen-bond acceptors (Lipinski definition) is 0. The van der Waals surface area contributed by atoms with E-state index in [9.17, 15) is 0 Å². The Bertz CT molecular complexity index is 104. The maximum atomic E-state index is 2.48. The van der Waals surface area contributed by atoms with Crippen LogP contribution in [0.15, 0.2) is 0 Å². The standard InChI is InChI=1S/C10H19/c1-9(2)7-5-6-8-10(9,3)4/h7H,5-6,8H2,1-4H3. The molecule has 1 aliphatic carbocycles. The Labute approximate surface area is 65.0 Å². The number of rotatable bonds is 0. The minimum absolute atomic E-state index is 0.450. The summed E-state index contributed by atoms with van der Waals surface area (Å²) >= 11 is 0. The molecule has 0 nitrogen and oxygen atoms in total. The molecule has 1 saturated carbocycles. The van der Waals surface area contributed by atoms with Gasteiger partial charge in [-0.15, -0.1) is 0 Å². The van der Waals surface area contributed by atoms with E-state index >= 15 is 0 Å². The van der Waals surface area contributed by atoms with Gasteiger partial charge in [-0.3, -0.25) is 0 Å². The Kier molecular flexibility index (Phi) is 1.82. The predicted molar refractivity (Wildman–Crippen MR) is 45.7 cm³/mol. The van der Waals surface area contributed by atoms with E-state index in [1.807, 2.05) is 0 Å². The molecule has 0 atom stereocenters. The fraction of sp³-hybridized carbons (Fsp3) is 0.900. The number of hydrogen-bond donors (Lipinski definition) is 0. The molecule has 1 aliphatic rings. The average Bonchev–Trinajstić information content (AvgIpc) is 1.77. The second-order valence-electron chi connectivity index (χ2n) is 4.70. The molecule has 0 heterocycles. The third-order valence-corrected chi connectivity index (χ3v) is 3.40. The molecule has 1 rings (SSSR count). The topological polar surface area (TPSA) is 0 Å². The van der Waals surface area contributed by atoms with Gasteiger partial charge < -0.3 is 0 Å². The smallest absolute Gasteiger partial charge is 0.0272 e. The van der Waals surface area contributed by atoms with E-state index in [1.54, 1.807) is 0 Å². The van der Waals surface area contributed by atoms with E-state index in [0.29, 0.717) is 10.8 Å². The third-order valence-electron chi connectivity index (χ3n) is 3.40. The first-order chi connectivity index (χ1) is 4.46. The summed E-state index contributed by atoms with van der Waals surface area (Å²) in [6.07, 6.45) is 6.57. The molecule has 0 amide bonds. The minimum Gasteiger partial charge on any atom is -0.0594 e. The first kappa shape index (κ1) is 8.10. The van der Waals surface area contributed by atoms with Crippen molar-refractivity contribution in [2.24, 2.45) is 10.8 Å². The zero-order valence-electron chi connectivity index (χ0n) is 7.70. The summed E-state index contributed by atoms with van der Waals surface area (Å²) in [6.45, 7) is 9.46. The van der Waals surface area contributed by atoms with Crippen LogP contribution >= 0.6 is 0 Å². The fourth-order valence-electron chi connectivity index (χ4n) is 1.61. The van der Waals surface area contributed by atoms with Crippen LogP contribution in [0.2, 0.25) is 0 Å². The zero-order chi connectivity index (χ0) is 7.83. The molecule has 0 spiro atoms. The minimum atomic E-state index is 0.450. The van der Waals surface area contributed by atoms with E-state index in [4.69, 9.17) is 0 Å². The molecule has 0 aromatic heterocycles. The quantitative estimate of drug-likeness (QED) is 0.482. The van der Waals surface area contributed by atoms with Gasteiger partial charge >= 0.3 is 0 Å². The summed E-state index contributed by atoms with van der Waals surface area (Å²) in [4.78, 5) is 0. The predicted octanol–water partition coefficient (Wildman–Crippen LogP) is 3.43. The molecule has 0 bridgehead atoms. The SMILES string of the molecule is CC1(C)[CH]CCCC1(C)C. The normalized spacial score (nSPS) is 30.0. The molecule has 0 N–H and O–H groups in total. The van der Waals surface area contributed by atoms with Crippen molar-refractivity contribution in [3.8, 4) is 0 Å². The summed E-state index contributed by atoms with van der Waals surface area (Å²) in [6, 6.07) is 0. The van der Waals surface area contributed by atoms with Crippen LogP contribution < -0.4 is 0 Å². The Balaban J connectivity index is 2.70. The van der Waals surface area contributed by atoms with Gasteiger partial charge in [0.1, 0.15) is 0 Å². The summed E-state index contributed by atoms with van der Waals surface area (Å²) in [7, 11) is 0. The summed E-state index contributed by atoms with van der Waals surface area (Å²) in [5.41, 5.74) is 0.969. The lowest BCUT2D eigenvalue weighted by atomic mass is 9.60. The van der Waals surface area contributed by atoms with E-state index < -0.39 is 0 Å². The van der Waals surface area contributed by atoms with Crippen molar-refractivity contribution < 1.29 is 0 Å². The summed E-state index contributed by atoms with van der Waals surface area (Å²) < 4.78 is 0. The van der Waals surface area contributed by atoms with Crippen LogP contribution in [0.4, 0.5) is 0 Å². The lowest BCUT2D eigenvalue weighted by Crippen LogP contribution is -2.35. The third kappa shape index (κ3) is 1.21. The van der Waals surface area contributed by atoms with Gasteiger partial charge in [-0.25, -0.2) is 0 Å². The highest BCUT2D eigenvalue weighted by molar-refractivity contribution is 4.99. The van der Waals surface area contributed by atoms with Crippen LogP contribution in [0.5, 0.6) is 0 Å². The molecular weight excluding hydrogens is 120 g/mol. The van der Waals surface area contributed by atoms with Crippen LogP contribution in [0.1, 0.15) is 47.0 Å². The van der Waals surface area contributed by atoms with Crippen LogP contribution in [-0.4, -0.2) is 0 Å². The molecule has 1 radical (unpaired) electrons. The van der Waals surface area contributed by atoms with Crippen molar-refractivity contribution in [1.82, 2.24) is 0 Å². The lowest BCUT2D eigenvalue weighted by Gasteiger charge is -2.45. The second kappa shape index (κ2) is 2.25. The van der Waals surface area contributed by atoms with Gasteiger partial charge in [0.15, 0.2) is 0 Å². The highest BCUT2D eigenvalue weighted by Gasteiger charge is 2.38. The van der Waals surface area contributed by atoms with Crippen molar-refractivity contribution in [3.05, 3.63) is 6.42 Å². The maximum Gasteiger partial charge on any atom is -0.0272 e. The molecule has 0 aromatic carbocycles. The highest BCUT2D eigenvalue weighted by Crippen LogP contribution is 2.48. The Morgan fingerprint density at radius 2 is 1.70 bits per heavy atom. The Morgan fingerprint density at radius 1 is 1.10 bits per heavy atom. The van der Waals surface area contributed by atoms with Crippen molar-refractivity contribution in [2.75, 3.05) is 0 Å².